The van der Waals surface area contributed by atoms with E-state index in [0.717, 1.165) is 6.42 Å². The van der Waals surface area contributed by atoms with E-state index in [1.807, 2.05) is 7.05 Å². The number of rotatable bonds is 4. The molecule has 21 heavy (non-hydrogen) atoms. The lowest BCUT2D eigenvalue weighted by atomic mass is 9.92. The topological polar surface area (TPSA) is 12.0 Å². The van der Waals surface area contributed by atoms with Crippen molar-refractivity contribution in [3.05, 3.63) is 68.2 Å². The average molecular weight is 346 g/mol. The lowest BCUT2D eigenvalue weighted by Crippen LogP contribution is -2.20. The molecule has 0 spiro atoms. The zero-order valence-corrected chi connectivity index (χ0v) is 15.1. The number of nitrogens with one attached hydrogen (secondary N) is 1. The Morgan fingerprint density at radius 3 is 2.33 bits per heavy atom. The van der Waals surface area contributed by atoms with Gasteiger partial charge < -0.3 is 5.32 Å². The molecule has 2 heteroatoms. The van der Waals surface area contributed by atoms with E-state index < -0.39 is 0 Å². The summed E-state index contributed by atoms with van der Waals surface area (Å²) in [6.45, 7) is 8.69. The molecule has 0 aromatic heterocycles. The van der Waals surface area contributed by atoms with Crippen molar-refractivity contribution >= 4 is 15.9 Å². The molecule has 0 aliphatic heterocycles. The van der Waals surface area contributed by atoms with Gasteiger partial charge in [-0.05, 0) is 75.0 Å². The van der Waals surface area contributed by atoms with E-state index in [0.29, 0.717) is 6.04 Å². The maximum absolute atomic E-state index is 3.62. The highest BCUT2D eigenvalue weighted by Crippen LogP contribution is 2.28. The van der Waals surface area contributed by atoms with Gasteiger partial charge in [-0.25, -0.2) is 0 Å². The van der Waals surface area contributed by atoms with Crippen LogP contribution in [0.2, 0.25) is 0 Å². The summed E-state index contributed by atoms with van der Waals surface area (Å²) in [6, 6.07) is 11.6. The van der Waals surface area contributed by atoms with Crippen molar-refractivity contribution in [2.24, 2.45) is 0 Å². The SMILES string of the molecule is CNC(Cc1cc(C)ccc1C)c1cc(C)c(Br)cc1C. The second kappa shape index (κ2) is 6.76. The fourth-order valence-corrected chi connectivity index (χ4v) is 3.24. The van der Waals surface area contributed by atoms with Crippen LogP contribution < -0.4 is 5.32 Å². The predicted octanol–water partition coefficient (Wildman–Crippen LogP) is 5.19. The molecule has 0 radical (unpaired) electrons. The minimum atomic E-state index is 0.345. The van der Waals surface area contributed by atoms with Gasteiger partial charge in [0.05, 0.1) is 0 Å². The third-order valence-corrected chi connectivity index (χ3v) is 5.05. The summed E-state index contributed by atoms with van der Waals surface area (Å²) < 4.78 is 1.19. The van der Waals surface area contributed by atoms with Crippen LogP contribution in [0.15, 0.2) is 34.8 Å². The van der Waals surface area contributed by atoms with Crippen LogP contribution in [0.4, 0.5) is 0 Å². The van der Waals surface area contributed by atoms with Gasteiger partial charge in [-0.1, -0.05) is 45.8 Å². The third-order valence-electron chi connectivity index (χ3n) is 4.20. The van der Waals surface area contributed by atoms with E-state index >= 15 is 0 Å². The molecule has 112 valence electrons. The summed E-state index contributed by atoms with van der Waals surface area (Å²) in [7, 11) is 2.05. The first kappa shape index (κ1) is 16.3. The molecule has 1 unspecified atom stereocenters. The van der Waals surface area contributed by atoms with Crippen molar-refractivity contribution in [3.8, 4) is 0 Å². The standard InChI is InChI=1S/C19H24BrN/c1-12-6-7-13(2)16(8-12)11-19(21-5)17-9-15(4)18(20)10-14(17)3/h6-10,19,21H,11H2,1-5H3. The van der Waals surface area contributed by atoms with E-state index in [9.17, 15) is 0 Å². The molecule has 0 aliphatic carbocycles. The Kier molecular flexibility index (Phi) is 5.23. The van der Waals surface area contributed by atoms with Crippen molar-refractivity contribution in [1.29, 1.82) is 0 Å². The first-order valence-electron chi connectivity index (χ1n) is 7.42. The summed E-state index contributed by atoms with van der Waals surface area (Å²) in [5.41, 5.74) is 8.13. The zero-order chi connectivity index (χ0) is 15.6. The first-order chi connectivity index (χ1) is 9.92. The van der Waals surface area contributed by atoms with Crippen LogP contribution in [0.1, 0.15) is 39.4 Å². The largest absolute Gasteiger partial charge is 0.313 e. The maximum atomic E-state index is 3.62. The van der Waals surface area contributed by atoms with Crippen molar-refractivity contribution in [2.45, 2.75) is 40.2 Å². The summed E-state index contributed by atoms with van der Waals surface area (Å²) in [5, 5.41) is 3.49. The number of likely N-dealkylation sites (N-methyl/N-ethyl adjacent to an activating group) is 1. The van der Waals surface area contributed by atoms with Gasteiger partial charge in [-0.15, -0.1) is 0 Å². The molecule has 0 amide bonds. The van der Waals surface area contributed by atoms with Crippen LogP contribution >= 0.6 is 15.9 Å². The van der Waals surface area contributed by atoms with Gasteiger partial charge in [0, 0.05) is 10.5 Å². The van der Waals surface area contributed by atoms with Crippen molar-refractivity contribution in [2.75, 3.05) is 7.05 Å². The Hall–Kier alpha value is -1.12. The molecule has 0 aliphatic rings. The Bertz CT molecular complexity index is 646. The minimum Gasteiger partial charge on any atom is -0.313 e. The van der Waals surface area contributed by atoms with Crippen LogP contribution in [-0.2, 0) is 6.42 Å². The van der Waals surface area contributed by atoms with Crippen LogP contribution in [0.5, 0.6) is 0 Å². The van der Waals surface area contributed by atoms with Crippen LogP contribution in [-0.4, -0.2) is 7.05 Å². The van der Waals surface area contributed by atoms with Crippen LogP contribution in [0.3, 0.4) is 0 Å². The maximum Gasteiger partial charge on any atom is 0.0361 e. The van der Waals surface area contributed by atoms with E-state index in [4.69, 9.17) is 0 Å². The minimum absolute atomic E-state index is 0.345. The van der Waals surface area contributed by atoms with E-state index in [1.165, 1.54) is 37.9 Å². The van der Waals surface area contributed by atoms with Crippen molar-refractivity contribution in [3.63, 3.8) is 0 Å². The fourth-order valence-electron chi connectivity index (χ4n) is 2.79. The lowest BCUT2D eigenvalue weighted by molar-refractivity contribution is 0.587. The number of aryl methyl sites for hydroxylation is 4. The van der Waals surface area contributed by atoms with E-state index in [2.05, 4.69) is 79.3 Å². The smallest absolute Gasteiger partial charge is 0.0361 e. The highest BCUT2D eigenvalue weighted by molar-refractivity contribution is 9.10. The molecule has 1 N–H and O–H groups in total. The molecule has 2 rings (SSSR count). The van der Waals surface area contributed by atoms with Gasteiger partial charge in [0.15, 0.2) is 0 Å². The van der Waals surface area contributed by atoms with Crippen molar-refractivity contribution < 1.29 is 0 Å². The summed E-state index contributed by atoms with van der Waals surface area (Å²) in [6.07, 6.45) is 1.02. The Balaban J connectivity index is 2.36. The monoisotopic (exact) mass is 345 g/mol. The molecule has 0 bridgehead atoms. The number of hydrogen-bond acceptors (Lipinski definition) is 1. The van der Waals surface area contributed by atoms with Crippen LogP contribution in [0.25, 0.3) is 0 Å². The normalized spacial score (nSPS) is 12.5. The van der Waals surface area contributed by atoms with Gasteiger partial charge in [-0.3, -0.25) is 0 Å². The average Bonchev–Trinajstić information content (AvgIpc) is 2.44. The molecule has 2 aromatic carbocycles. The van der Waals surface area contributed by atoms with Gasteiger partial charge >= 0.3 is 0 Å². The summed E-state index contributed by atoms with van der Waals surface area (Å²) >= 11 is 3.62. The fraction of sp³-hybridized carbons (Fsp3) is 0.368. The van der Waals surface area contributed by atoms with Crippen LogP contribution in [0, 0.1) is 27.7 Å². The Morgan fingerprint density at radius 1 is 0.952 bits per heavy atom. The number of benzene rings is 2. The van der Waals surface area contributed by atoms with Gasteiger partial charge in [0.25, 0.3) is 0 Å². The quantitative estimate of drug-likeness (QED) is 0.804. The molecule has 0 saturated carbocycles. The van der Waals surface area contributed by atoms with Gasteiger partial charge in [0.1, 0.15) is 0 Å². The van der Waals surface area contributed by atoms with Gasteiger partial charge in [-0.2, -0.15) is 0 Å². The summed E-state index contributed by atoms with van der Waals surface area (Å²) in [5.74, 6) is 0. The Morgan fingerprint density at radius 2 is 1.67 bits per heavy atom. The lowest BCUT2D eigenvalue weighted by Gasteiger charge is -2.21. The second-order valence-electron chi connectivity index (χ2n) is 5.93. The molecular weight excluding hydrogens is 322 g/mol. The molecule has 0 saturated heterocycles. The molecular formula is C19H24BrN. The Labute approximate surface area is 136 Å². The molecule has 2 aromatic rings. The van der Waals surface area contributed by atoms with E-state index in [1.54, 1.807) is 0 Å². The highest BCUT2D eigenvalue weighted by atomic mass is 79.9. The molecule has 1 nitrogen and oxygen atoms in total. The number of hydrogen-bond donors (Lipinski definition) is 1. The van der Waals surface area contributed by atoms with Gasteiger partial charge in [0.2, 0.25) is 0 Å². The second-order valence-corrected chi connectivity index (χ2v) is 6.79. The summed E-state index contributed by atoms with van der Waals surface area (Å²) in [4.78, 5) is 0. The zero-order valence-electron chi connectivity index (χ0n) is 13.5. The predicted molar refractivity (Wildman–Crippen MR) is 95.0 cm³/mol. The first-order valence-corrected chi connectivity index (χ1v) is 8.21. The molecule has 1 atom stereocenters. The number of halogens is 1. The molecule has 0 fully saturated rings. The van der Waals surface area contributed by atoms with Crippen molar-refractivity contribution in [1.82, 2.24) is 5.32 Å². The highest BCUT2D eigenvalue weighted by Gasteiger charge is 2.15. The third kappa shape index (κ3) is 3.75. The molecule has 0 heterocycles. The van der Waals surface area contributed by atoms with E-state index in [-0.39, 0.29) is 0 Å².